The summed E-state index contributed by atoms with van der Waals surface area (Å²) in [6.07, 6.45) is -1.01. The van der Waals surface area contributed by atoms with Gasteiger partial charge in [0.2, 0.25) is 0 Å². The zero-order chi connectivity index (χ0) is 14.9. The van der Waals surface area contributed by atoms with Crippen LogP contribution in [0.1, 0.15) is 6.42 Å². The van der Waals surface area contributed by atoms with E-state index in [0.29, 0.717) is 0 Å². The van der Waals surface area contributed by atoms with Crippen LogP contribution in [0.25, 0.3) is 0 Å². The molecule has 0 spiro atoms. The number of ether oxygens (including phenoxy) is 1. The van der Waals surface area contributed by atoms with E-state index in [0.717, 1.165) is 16.8 Å². The Morgan fingerprint density at radius 1 is 1.60 bits per heavy atom. The molecular formula is C10H15N5O5. The van der Waals surface area contributed by atoms with Gasteiger partial charge in [-0.25, -0.2) is 4.79 Å². The van der Waals surface area contributed by atoms with Crippen molar-refractivity contribution in [1.82, 2.24) is 9.55 Å². The maximum absolute atomic E-state index is 11.8. The van der Waals surface area contributed by atoms with Crippen molar-refractivity contribution in [2.75, 3.05) is 6.61 Å². The topological polar surface area (TPSA) is 169 Å². The molecule has 1 aromatic rings. The number of hydrogen-bond donors (Lipinski definition) is 5. The maximum atomic E-state index is 11.8. The molecule has 1 aliphatic rings. The number of aromatic amines is 1. The molecule has 1 aliphatic heterocycles. The largest absolute Gasteiger partial charge is 0.394 e. The second kappa shape index (κ2) is 5.07. The highest BCUT2D eigenvalue weighted by molar-refractivity contribution is 5.76. The number of nitrogens with one attached hydrogen (secondary N) is 1. The number of guanidine groups is 1. The van der Waals surface area contributed by atoms with Crippen molar-refractivity contribution in [2.45, 2.75) is 24.5 Å². The predicted octanol–water partition coefficient (Wildman–Crippen LogP) is -3.44. The van der Waals surface area contributed by atoms with Crippen molar-refractivity contribution in [1.29, 1.82) is 0 Å². The minimum atomic E-state index is -1.70. The molecule has 0 unspecified atom stereocenters. The zero-order valence-electron chi connectivity index (χ0n) is 10.4. The first-order chi connectivity index (χ1) is 9.38. The van der Waals surface area contributed by atoms with Crippen LogP contribution in [-0.4, -0.2) is 44.5 Å². The van der Waals surface area contributed by atoms with Gasteiger partial charge in [-0.3, -0.25) is 14.3 Å². The van der Waals surface area contributed by atoms with E-state index in [1.54, 1.807) is 0 Å². The Labute approximate surface area is 112 Å². The van der Waals surface area contributed by atoms with Gasteiger partial charge in [-0.1, -0.05) is 0 Å². The van der Waals surface area contributed by atoms with Crippen LogP contribution >= 0.6 is 0 Å². The normalized spacial score (nSPS) is 29.3. The summed E-state index contributed by atoms with van der Waals surface area (Å²) in [6.45, 7) is -0.471. The van der Waals surface area contributed by atoms with Crippen LogP contribution in [0.15, 0.2) is 26.8 Å². The number of nitrogens with zero attached hydrogens (tertiary/aromatic N) is 2. The lowest BCUT2D eigenvalue weighted by Gasteiger charge is -2.26. The average molecular weight is 285 g/mol. The van der Waals surface area contributed by atoms with E-state index in [9.17, 15) is 14.7 Å². The average Bonchev–Trinajstić information content (AvgIpc) is 2.65. The van der Waals surface area contributed by atoms with E-state index >= 15 is 0 Å². The van der Waals surface area contributed by atoms with Crippen molar-refractivity contribution in [2.24, 2.45) is 16.5 Å². The molecule has 1 fully saturated rings. The fraction of sp³-hybridized carbons (Fsp3) is 0.500. The van der Waals surface area contributed by atoms with Crippen molar-refractivity contribution in [3.05, 3.63) is 33.1 Å². The van der Waals surface area contributed by atoms with E-state index in [4.69, 9.17) is 21.3 Å². The summed E-state index contributed by atoms with van der Waals surface area (Å²) in [5, 5.41) is 18.9. The summed E-state index contributed by atoms with van der Waals surface area (Å²) in [5.41, 5.74) is 9.25. The smallest absolute Gasteiger partial charge is 0.332 e. The van der Waals surface area contributed by atoms with Crippen LogP contribution in [0.5, 0.6) is 0 Å². The molecule has 0 aromatic carbocycles. The van der Waals surface area contributed by atoms with Crippen LogP contribution in [0.2, 0.25) is 0 Å². The summed E-state index contributed by atoms with van der Waals surface area (Å²) in [5.74, 6) is -2.07. The van der Waals surface area contributed by atoms with Gasteiger partial charge in [-0.05, 0) is 0 Å². The quantitative estimate of drug-likeness (QED) is 0.284. The lowest BCUT2D eigenvalue weighted by Crippen LogP contribution is -2.45. The number of nitrogens with two attached hydrogens (primary N) is 2. The first-order valence-electron chi connectivity index (χ1n) is 5.78. The van der Waals surface area contributed by atoms with Crippen LogP contribution in [0.4, 0.5) is 0 Å². The number of H-pyrrole nitrogens is 1. The number of rotatable bonds is 3. The molecule has 2 rings (SSSR count). The van der Waals surface area contributed by atoms with E-state index in [-0.39, 0.29) is 12.4 Å². The third kappa shape index (κ3) is 2.43. The molecule has 2 heterocycles. The Bertz CT molecular complexity index is 633. The first kappa shape index (κ1) is 14.2. The van der Waals surface area contributed by atoms with Gasteiger partial charge in [0.05, 0.1) is 12.7 Å². The number of aliphatic hydroxyl groups is 2. The summed E-state index contributed by atoms with van der Waals surface area (Å²) in [6, 6.07) is 1.09. The van der Waals surface area contributed by atoms with Gasteiger partial charge in [-0.2, -0.15) is 4.99 Å². The van der Waals surface area contributed by atoms with Crippen LogP contribution in [0, 0.1) is 0 Å². The highest BCUT2D eigenvalue weighted by atomic mass is 16.6. The van der Waals surface area contributed by atoms with Crippen LogP contribution < -0.4 is 22.7 Å². The predicted molar refractivity (Wildman–Crippen MR) is 67.7 cm³/mol. The van der Waals surface area contributed by atoms with Gasteiger partial charge in [0, 0.05) is 18.7 Å². The monoisotopic (exact) mass is 285 g/mol. The second-order valence-corrected chi connectivity index (χ2v) is 4.37. The third-order valence-corrected chi connectivity index (χ3v) is 2.93. The Balaban J connectivity index is 2.57. The van der Waals surface area contributed by atoms with E-state index < -0.39 is 35.9 Å². The van der Waals surface area contributed by atoms with Gasteiger partial charge < -0.3 is 26.4 Å². The fourth-order valence-corrected chi connectivity index (χ4v) is 2.11. The Kier molecular flexibility index (Phi) is 3.61. The number of hydrogen-bond acceptors (Lipinski definition) is 6. The van der Waals surface area contributed by atoms with Crippen molar-refractivity contribution in [3.63, 3.8) is 0 Å². The molecule has 20 heavy (non-hydrogen) atoms. The van der Waals surface area contributed by atoms with E-state index in [1.807, 2.05) is 4.98 Å². The van der Waals surface area contributed by atoms with E-state index in [1.165, 1.54) is 0 Å². The Hall–Kier alpha value is -2.17. The number of aliphatic imine (C=N–C) groups is 1. The van der Waals surface area contributed by atoms with Crippen molar-refractivity contribution < 1.29 is 14.9 Å². The van der Waals surface area contributed by atoms with Crippen molar-refractivity contribution in [3.8, 4) is 0 Å². The summed E-state index contributed by atoms with van der Waals surface area (Å²) in [4.78, 5) is 28.8. The molecule has 3 atom stereocenters. The maximum Gasteiger partial charge on any atom is 0.332 e. The lowest BCUT2D eigenvalue weighted by atomic mass is 10.1. The molecule has 0 bridgehead atoms. The molecule has 1 saturated heterocycles. The molecule has 0 aliphatic carbocycles. The second-order valence-electron chi connectivity index (χ2n) is 4.37. The van der Waals surface area contributed by atoms with Gasteiger partial charge in [0.1, 0.15) is 6.10 Å². The van der Waals surface area contributed by atoms with Crippen LogP contribution in [0.3, 0.4) is 0 Å². The number of aromatic nitrogens is 2. The zero-order valence-corrected chi connectivity index (χ0v) is 10.4. The fourth-order valence-electron chi connectivity index (χ4n) is 2.11. The van der Waals surface area contributed by atoms with Crippen molar-refractivity contribution >= 4 is 5.96 Å². The SMILES string of the molecule is NC(N)=N[C@]1(n2ccc(=O)[nH]c2=O)C[C@H](O)[C@@H](CO)O1. The molecule has 0 radical (unpaired) electrons. The van der Waals surface area contributed by atoms with Gasteiger partial charge in [-0.15, -0.1) is 0 Å². The summed E-state index contributed by atoms with van der Waals surface area (Å²) in [7, 11) is 0. The molecule has 1 aromatic heterocycles. The van der Waals surface area contributed by atoms with E-state index in [2.05, 4.69) is 4.99 Å². The summed E-state index contributed by atoms with van der Waals surface area (Å²) < 4.78 is 6.37. The standard InChI is InChI=1S/C10H15N5O5/c11-8(12)14-10(3-5(17)6(4-16)20-10)15-2-1-7(18)13-9(15)19/h1-2,5-6,16-17H,3-4H2,(H4,11,12,14)(H,13,18,19)/t5-,6+,10-/m0/s1. The minimum Gasteiger partial charge on any atom is -0.394 e. The minimum absolute atomic E-state index is 0.151. The van der Waals surface area contributed by atoms with Gasteiger partial charge in [0.25, 0.3) is 11.4 Å². The molecule has 7 N–H and O–H groups in total. The Morgan fingerprint density at radius 2 is 2.30 bits per heavy atom. The molecule has 110 valence electrons. The highest BCUT2D eigenvalue weighted by Gasteiger charge is 2.48. The van der Waals surface area contributed by atoms with Crippen LogP contribution in [-0.2, 0) is 10.6 Å². The third-order valence-electron chi connectivity index (χ3n) is 2.93. The molecule has 10 heteroatoms. The Morgan fingerprint density at radius 3 is 2.80 bits per heavy atom. The molecular weight excluding hydrogens is 270 g/mol. The van der Waals surface area contributed by atoms with Gasteiger partial charge in [0.15, 0.2) is 5.96 Å². The lowest BCUT2D eigenvalue weighted by molar-refractivity contribution is -0.114. The summed E-state index contributed by atoms with van der Waals surface area (Å²) >= 11 is 0. The highest BCUT2D eigenvalue weighted by Crippen LogP contribution is 2.35. The molecule has 10 nitrogen and oxygen atoms in total. The number of aliphatic hydroxyl groups excluding tert-OH is 2. The molecule has 0 saturated carbocycles. The molecule has 0 amide bonds. The van der Waals surface area contributed by atoms with Gasteiger partial charge >= 0.3 is 5.69 Å². The first-order valence-corrected chi connectivity index (χ1v) is 5.78.